The van der Waals surface area contributed by atoms with E-state index in [1.165, 1.54) is 13.8 Å². The van der Waals surface area contributed by atoms with Gasteiger partial charge in [0.05, 0.1) is 21.0 Å². The van der Waals surface area contributed by atoms with Gasteiger partial charge in [0.1, 0.15) is 12.1 Å². The van der Waals surface area contributed by atoms with Gasteiger partial charge in [0.25, 0.3) is 0 Å². The second-order valence-electron chi connectivity index (χ2n) is 7.04. The zero-order chi connectivity index (χ0) is 40.4. The Balaban J connectivity index is 2.53. The molecular formula is C24H38N2O4. The van der Waals surface area contributed by atoms with Gasteiger partial charge in [-0.15, -0.1) is 0 Å². The largest absolute Gasteiger partial charge is 0.493 e. The Morgan fingerprint density at radius 3 is 2.83 bits per heavy atom. The number of carbonyl (C=O) groups excluding carboxylic acids is 1. The van der Waals surface area contributed by atoms with Gasteiger partial charge in [0, 0.05) is 53.2 Å². The van der Waals surface area contributed by atoms with Crippen molar-refractivity contribution in [1.29, 1.82) is 0 Å². The van der Waals surface area contributed by atoms with Crippen LogP contribution in [0.1, 0.15) is 86.3 Å². The van der Waals surface area contributed by atoms with E-state index in [1.54, 1.807) is 0 Å². The summed E-state index contributed by atoms with van der Waals surface area (Å²) in [6.07, 6.45) is -12.2. The molecule has 0 radical (unpaired) electrons. The summed E-state index contributed by atoms with van der Waals surface area (Å²) in [5, 5.41) is 0. The molecule has 1 aromatic rings. The first kappa shape index (κ1) is 7.96. The molecule has 4 atom stereocenters. The van der Waals surface area contributed by atoms with Gasteiger partial charge in [-0.25, -0.2) is 0 Å². The number of hydrogen-bond donors (Lipinski definition) is 1. The molecule has 0 amide bonds. The van der Waals surface area contributed by atoms with Gasteiger partial charge in [-0.1, -0.05) is 27.6 Å². The van der Waals surface area contributed by atoms with E-state index < -0.39 is 117 Å². The second kappa shape index (κ2) is 9.56. The summed E-state index contributed by atoms with van der Waals surface area (Å²) in [5.41, 5.74) is 4.13. The van der Waals surface area contributed by atoms with E-state index in [-0.39, 0.29) is 4.90 Å². The standard InChI is InChI=1S/C24H38N2O4/c1-14(2)9-17-13-26-8-7-16-10-21(28-5)22(29-6)11-18(16)19(26)12-20(17)30-24(27)23(25)15(3)4/h10-11,14-15,17,19-20,23H,7-9,12-13,25H2,1-6H3/t17?,19?,20?,23-/m0/s1/i3D3,4D3,6D3,7D2,8D2,12D2,13D2,15D,17D,20D,23D. The molecule has 3 unspecified atom stereocenters. The number of rotatable bonds is 7. The zero-order valence-electron chi connectivity index (χ0n) is 37.7. The summed E-state index contributed by atoms with van der Waals surface area (Å²) in [6, 6.07) is -5.36. The molecule has 168 valence electrons. The number of esters is 1. The van der Waals surface area contributed by atoms with Crippen molar-refractivity contribution in [1.82, 2.24) is 4.90 Å². The van der Waals surface area contributed by atoms with E-state index in [2.05, 4.69) is 0 Å². The van der Waals surface area contributed by atoms with Crippen molar-refractivity contribution in [3.8, 4) is 11.5 Å². The normalized spacial score (nSPS) is 49.5. The average molecular weight is 440 g/mol. The van der Waals surface area contributed by atoms with E-state index in [0.29, 0.717) is 6.07 Å². The number of benzene rings is 1. The quantitative estimate of drug-likeness (QED) is 0.655. The number of nitrogens with two attached hydrogens (primary N) is 1. The van der Waals surface area contributed by atoms with Crippen LogP contribution >= 0.6 is 0 Å². The Bertz CT molecular complexity index is 1520. The van der Waals surface area contributed by atoms with E-state index in [9.17, 15) is 13.0 Å². The molecule has 30 heavy (non-hydrogen) atoms. The third-order valence-electron chi connectivity index (χ3n) is 4.40. The fourth-order valence-corrected chi connectivity index (χ4v) is 3.00. The van der Waals surface area contributed by atoms with Crippen molar-refractivity contribution >= 4 is 5.97 Å². The summed E-state index contributed by atoms with van der Waals surface area (Å²) in [6.45, 7) is -12.8. The van der Waals surface area contributed by atoms with E-state index in [1.807, 2.05) is 0 Å². The maximum Gasteiger partial charge on any atom is 0.323 e. The number of aryl methyl sites for hydroxylation is 1. The van der Waals surface area contributed by atoms with Crippen molar-refractivity contribution in [2.24, 2.45) is 23.4 Å². The second-order valence-corrected chi connectivity index (χ2v) is 7.04. The number of fused-ring (bicyclic) bond motifs is 3. The first-order valence-electron chi connectivity index (χ1n) is 19.5. The summed E-state index contributed by atoms with van der Waals surface area (Å²) < 4.78 is 192. The highest BCUT2D eigenvalue weighted by Gasteiger charge is 2.41. The molecule has 3 rings (SSSR count). The zero-order valence-corrected chi connectivity index (χ0v) is 16.7. The van der Waals surface area contributed by atoms with Crippen LogP contribution in [0.25, 0.3) is 0 Å². The molecule has 0 aromatic heterocycles. The highest BCUT2D eigenvalue weighted by Crippen LogP contribution is 2.44. The molecular weight excluding hydrogens is 380 g/mol. The molecule has 0 spiro atoms. The highest BCUT2D eigenvalue weighted by atomic mass is 16.5. The molecule has 2 aliphatic heterocycles. The van der Waals surface area contributed by atoms with Crippen molar-refractivity contribution < 1.29 is 47.8 Å². The van der Waals surface area contributed by atoms with Crippen LogP contribution in [-0.4, -0.2) is 50.1 Å². The number of ether oxygens (including phenoxy) is 3. The Morgan fingerprint density at radius 2 is 2.17 bits per heavy atom. The lowest BCUT2D eigenvalue weighted by molar-refractivity contribution is -0.160. The molecule has 6 heteroatoms. The van der Waals surface area contributed by atoms with E-state index in [4.69, 9.17) is 40.5 Å². The lowest BCUT2D eigenvalue weighted by Crippen LogP contribution is -2.51. The molecule has 2 N–H and O–H groups in total. The number of hydrogen-bond acceptors (Lipinski definition) is 6. The van der Waals surface area contributed by atoms with Crippen LogP contribution in [0.4, 0.5) is 0 Å². The molecule has 2 aliphatic rings. The third-order valence-corrected chi connectivity index (χ3v) is 4.40. The number of piperidine rings is 1. The molecule has 1 aromatic carbocycles. The van der Waals surface area contributed by atoms with Crippen molar-refractivity contribution in [2.45, 2.75) is 64.9 Å². The van der Waals surface area contributed by atoms with Gasteiger partial charge in [0.2, 0.25) is 0 Å². The molecule has 1 fully saturated rings. The fourth-order valence-electron chi connectivity index (χ4n) is 3.00. The number of methoxy groups -OCH3 is 2. The lowest BCUT2D eigenvalue weighted by atomic mass is 9.79. The summed E-state index contributed by atoms with van der Waals surface area (Å²) >= 11 is 0. The predicted octanol–water partition coefficient (Wildman–Crippen LogP) is 3.56. The molecule has 0 aliphatic carbocycles. The van der Waals surface area contributed by atoms with Gasteiger partial charge in [-0.3, -0.25) is 9.69 Å². The topological polar surface area (TPSA) is 74.0 Å². The summed E-state index contributed by atoms with van der Waals surface area (Å²) in [7, 11) is -2.19. The smallest absolute Gasteiger partial charge is 0.323 e. The first-order chi connectivity index (χ1) is 22.3. The summed E-state index contributed by atoms with van der Waals surface area (Å²) in [5.74, 6) is -12.4. The maximum absolute atomic E-state index is 13.8. The highest BCUT2D eigenvalue weighted by molar-refractivity contribution is 5.76. The van der Waals surface area contributed by atoms with Crippen LogP contribution in [0.15, 0.2) is 12.1 Å². The Morgan fingerprint density at radius 1 is 1.40 bits per heavy atom. The molecule has 0 bridgehead atoms. The number of carbonyl (C=O) groups is 1. The minimum Gasteiger partial charge on any atom is -0.493 e. The van der Waals surface area contributed by atoms with Crippen molar-refractivity contribution in [2.75, 3.05) is 27.1 Å². The molecule has 2 heterocycles. The number of nitrogens with zero attached hydrogens (tertiary/aromatic N) is 1. The van der Waals surface area contributed by atoms with Crippen LogP contribution in [0.5, 0.6) is 11.5 Å². The fraction of sp³-hybridized carbons (Fsp3) is 0.708. The SMILES string of the molecule is [2H]C([2H])([2H])Oc1cc2c(cc1OC)C([2H])([2H])C([2H])([2H])N1C2C([2H])([2H])C([2H])(OC(=O)[C@@]([2H])(N)C([2H])(C([2H])([2H])[2H])C([2H])([2H])[2H])C([2H])(CC(C)C)C1([2H])[2H]. The maximum atomic E-state index is 13.8. The minimum atomic E-state index is -4.22. The van der Waals surface area contributed by atoms with E-state index >= 15 is 0 Å². The monoisotopic (exact) mass is 439 g/mol. The van der Waals surface area contributed by atoms with Crippen molar-refractivity contribution in [3.63, 3.8) is 0 Å². The average Bonchev–Trinajstić information content (AvgIpc) is 2.90. The van der Waals surface area contributed by atoms with Crippen LogP contribution in [-0.2, 0) is 15.9 Å². The molecule has 1 saturated heterocycles. The molecule has 0 saturated carbocycles. The Labute approximate surface area is 210 Å². The van der Waals surface area contributed by atoms with Gasteiger partial charge in [-0.05, 0) is 47.9 Å². The van der Waals surface area contributed by atoms with E-state index in [0.717, 1.165) is 13.2 Å². The Hall–Kier alpha value is -1.79. The predicted molar refractivity (Wildman–Crippen MR) is 118 cm³/mol. The van der Waals surface area contributed by atoms with Crippen LogP contribution in [0.3, 0.4) is 0 Å². The lowest BCUT2D eigenvalue weighted by Gasteiger charge is -2.47. The molecule has 6 nitrogen and oxygen atoms in total. The van der Waals surface area contributed by atoms with Crippen LogP contribution < -0.4 is 15.2 Å². The van der Waals surface area contributed by atoms with Gasteiger partial charge in [-0.2, -0.15) is 0 Å². The first-order valence-corrected chi connectivity index (χ1v) is 9.03. The summed E-state index contributed by atoms with van der Waals surface area (Å²) in [4.78, 5) is 13.8. The van der Waals surface area contributed by atoms with Crippen LogP contribution in [0, 0.1) is 17.7 Å². The van der Waals surface area contributed by atoms with Gasteiger partial charge in [0.15, 0.2) is 11.5 Å². The Kier molecular flexibility index (Phi) is 2.54. The third kappa shape index (κ3) is 4.75. The van der Waals surface area contributed by atoms with Crippen LogP contribution in [0.2, 0.25) is 0 Å². The van der Waals surface area contributed by atoms with Gasteiger partial charge < -0.3 is 19.9 Å². The van der Waals surface area contributed by atoms with Crippen molar-refractivity contribution in [3.05, 3.63) is 23.3 Å². The minimum absolute atomic E-state index is 0.0139. The van der Waals surface area contributed by atoms with Gasteiger partial charge >= 0.3 is 5.97 Å².